The van der Waals surface area contributed by atoms with E-state index in [4.69, 9.17) is 4.74 Å². The van der Waals surface area contributed by atoms with Crippen LogP contribution in [0.5, 0.6) is 0 Å². The first-order chi connectivity index (χ1) is 5.33. The van der Waals surface area contributed by atoms with Gasteiger partial charge < -0.3 is 9.53 Å². The minimum absolute atomic E-state index is 0.245. The average Bonchev–Trinajstić information content (AvgIpc) is 2.81. The van der Waals surface area contributed by atoms with Crippen LogP contribution >= 0.6 is 0 Å². The van der Waals surface area contributed by atoms with E-state index in [1.54, 1.807) is 0 Å². The van der Waals surface area contributed by atoms with Crippen LogP contribution in [0.15, 0.2) is 0 Å². The molecule has 2 unspecified atom stereocenters. The Kier molecular flexibility index (Phi) is 3.57. The summed E-state index contributed by atoms with van der Waals surface area (Å²) in [5.74, 6) is 0.245. The van der Waals surface area contributed by atoms with Gasteiger partial charge in [0, 0.05) is 5.92 Å². The van der Waals surface area contributed by atoms with Gasteiger partial charge in [0.1, 0.15) is 6.29 Å². The topological polar surface area (TPSA) is 29.6 Å². The van der Waals surface area contributed by atoms with Crippen molar-refractivity contribution in [1.29, 1.82) is 0 Å². The van der Waals surface area contributed by atoms with Gasteiger partial charge in [0.25, 0.3) is 0 Å². The fraction of sp³-hybridized carbons (Fsp3) is 0.889. The van der Waals surface area contributed by atoms with E-state index in [0.717, 1.165) is 19.3 Å². The number of hydrogen-bond donors (Lipinski definition) is 0. The summed E-state index contributed by atoms with van der Waals surface area (Å²) in [5.41, 5.74) is 0. The Hall–Kier alpha value is -0.370. The van der Waals surface area contributed by atoms with Crippen LogP contribution in [0.25, 0.3) is 0 Å². The second-order valence-corrected chi connectivity index (χ2v) is 3.35. The van der Waals surface area contributed by atoms with Gasteiger partial charge in [0.2, 0.25) is 0 Å². The Morgan fingerprint density at radius 2 is 2.36 bits per heavy atom. The summed E-state index contributed by atoms with van der Waals surface area (Å²) in [5, 5.41) is 0. The van der Waals surface area contributed by atoms with E-state index in [0.29, 0.717) is 6.10 Å². The first-order valence-electron chi connectivity index (χ1n) is 4.40. The lowest BCUT2D eigenvalue weighted by molar-refractivity contribution is -0.110. The quantitative estimate of drug-likeness (QED) is 0.333. The summed E-state index contributed by atoms with van der Waals surface area (Å²) >= 11 is 0. The normalized spacial score (nSPS) is 24.6. The zero-order chi connectivity index (χ0) is 8.10. The van der Waals surface area contributed by atoms with Crippen LogP contribution in [0.4, 0.5) is 0 Å². The highest BCUT2D eigenvalue weighted by Crippen LogP contribution is 2.18. The summed E-state index contributed by atoms with van der Waals surface area (Å²) in [4.78, 5) is 10.2. The van der Waals surface area contributed by atoms with Gasteiger partial charge in [0.15, 0.2) is 0 Å². The van der Waals surface area contributed by atoms with Crippen molar-refractivity contribution in [1.82, 2.24) is 0 Å². The Morgan fingerprint density at radius 3 is 2.91 bits per heavy atom. The number of rotatable bonds is 6. The minimum atomic E-state index is 0.245. The van der Waals surface area contributed by atoms with Crippen LogP contribution in [0, 0.1) is 5.92 Å². The molecule has 1 aliphatic rings. The lowest BCUT2D eigenvalue weighted by Crippen LogP contribution is -1.95. The van der Waals surface area contributed by atoms with Crippen molar-refractivity contribution in [2.24, 2.45) is 5.92 Å². The van der Waals surface area contributed by atoms with Gasteiger partial charge in [-0.25, -0.2) is 0 Å². The Labute approximate surface area is 67.9 Å². The summed E-state index contributed by atoms with van der Waals surface area (Å²) in [6.45, 7) is 2.93. The molecule has 1 rings (SSSR count). The van der Waals surface area contributed by atoms with Gasteiger partial charge in [-0.2, -0.15) is 0 Å². The maximum absolute atomic E-state index is 10.2. The molecule has 0 radical (unpaired) electrons. The molecule has 1 aliphatic heterocycles. The fourth-order valence-electron chi connectivity index (χ4n) is 1.14. The van der Waals surface area contributed by atoms with Gasteiger partial charge >= 0.3 is 0 Å². The molecule has 0 saturated carbocycles. The molecule has 1 saturated heterocycles. The molecular weight excluding hydrogens is 140 g/mol. The van der Waals surface area contributed by atoms with Crippen LogP contribution in [-0.4, -0.2) is 19.0 Å². The molecule has 0 N–H and O–H groups in total. The van der Waals surface area contributed by atoms with Crippen molar-refractivity contribution < 1.29 is 9.53 Å². The number of aldehydes is 1. The van der Waals surface area contributed by atoms with Crippen molar-refractivity contribution in [3.63, 3.8) is 0 Å². The van der Waals surface area contributed by atoms with E-state index in [-0.39, 0.29) is 5.92 Å². The van der Waals surface area contributed by atoms with Crippen molar-refractivity contribution in [2.75, 3.05) is 6.61 Å². The zero-order valence-corrected chi connectivity index (χ0v) is 7.08. The SMILES string of the molecule is CC(C=O)CCCCC1CO1. The standard InChI is InChI=1S/C9H16O2/c1-8(6-10)4-2-3-5-9-7-11-9/h6,8-9H,2-5,7H2,1H3. The summed E-state index contributed by atoms with van der Waals surface area (Å²) in [6, 6.07) is 0. The molecule has 0 bridgehead atoms. The molecule has 0 aromatic carbocycles. The zero-order valence-electron chi connectivity index (χ0n) is 7.08. The number of carbonyl (C=O) groups is 1. The highest BCUT2D eigenvalue weighted by Gasteiger charge is 2.20. The third-order valence-electron chi connectivity index (χ3n) is 2.07. The summed E-state index contributed by atoms with van der Waals surface area (Å²) in [7, 11) is 0. The molecule has 0 aromatic heterocycles. The van der Waals surface area contributed by atoms with Crippen LogP contribution in [0.3, 0.4) is 0 Å². The van der Waals surface area contributed by atoms with Crippen molar-refractivity contribution >= 4 is 6.29 Å². The van der Waals surface area contributed by atoms with Crippen molar-refractivity contribution in [3.8, 4) is 0 Å². The van der Waals surface area contributed by atoms with Crippen LogP contribution in [0.1, 0.15) is 32.6 Å². The van der Waals surface area contributed by atoms with E-state index >= 15 is 0 Å². The molecule has 0 aliphatic carbocycles. The summed E-state index contributed by atoms with van der Waals surface area (Å²) < 4.78 is 5.07. The molecule has 11 heavy (non-hydrogen) atoms. The van der Waals surface area contributed by atoms with Crippen LogP contribution in [-0.2, 0) is 9.53 Å². The Morgan fingerprint density at radius 1 is 1.64 bits per heavy atom. The monoisotopic (exact) mass is 156 g/mol. The number of ether oxygens (including phenoxy) is 1. The van der Waals surface area contributed by atoms with Crippen LogP contribution in [0.2, 0.25) is 0 Å². The molecule has 2 nitrogen and oxygen atoms in total. The van der Waals surface area contributed by atoms with Gasteiger partial charge in [-0.05, 0) is 12.8 Å². The summed E-state index contributed by atoms with van der Waals surface area (Å²) in [6.07, 6.45) is 6.19. The lowest BCUT2D eigenvalue weighted by atomic mass is 10.0. The van der Waals surface area contributed by atoms with Crippen LogP contribution < -0.4 is 0 Å². The maximum Gasteiger partial charge on any atom is 0.122 e. The predicted octanol–water partition coefficient (Wildman–Crippen LogP) is 1.78. The minimum Gasteiger partial charge on any atom is -0.373 e. The van der Waals surface area contributed by atoms with Gasteiger partial charge in [-0.3, -0.25) is 0 Å². The third-order valence-corrected chi connectivity index (χ3v) is 2.07. The molecule has 1 fully saturated rings. The average molecular weight is 156 g/mol. The molecule has 1 heterocycles. The largest absolute Gasteiger partial charge is 0.373 e. The molecule has 64 valence electrons. The lowest BCUT2D eigenvalue weighted by Gasteiger charge is -2.00. The van der Waals surface area contributed by atoms with E-state index in [9.17, 15) is 4.79 Å². The number of hydrogen-bond acceptors (Lipinski definition) is 2. The smallest absolute Gasteiger partial charge is 0.122 e. The number of epoxide rings is 1. The number of unbranched alkanes of at least 4 members (excludes halogenated alkanes) is 1. The van der Waals surface area contributed by atoms with E-state index < -0.39 is 0 Å². The molecule has 0 amide bonds. The van der Waals surface area contributed by atoms with Gasteiger partial charge in [-0.15, -0.1) is 0 Å². The maximum atomic E-state index is 10.2. The van der Waals surface area contributed by atoms with Gasteiger partial charge in [0.05, 0.1) is 12.7 Å². The second kappa shape index (κ2) is 4.50. The van der Waals surface area contributed by atoms with E-state index in [1.165, 1.54) is 19.3 Å². The molecular formula is C9H16O2. The highest BCUT2D eigenvalue weighted by molar-refractivity contribution is 5.52. The van der Waals surface area contributed by atoms with Crippen molar-refractivity contribution in [2.45, 2.75) is 38.7 Å². The first-order valence-corrected chi connectivity index (χ1v) is 4.40. The Bertz CT molecular complexity index is 119. The van der Waals surface area contributed by atoms with E-state index in [1.807, 2.05) is 6.92 Å². The molecule has 0 spiro atoms. The van der Waals surface area contributed by atoms with Crippen molar-refractivity contribution in [3.05, 3.63) is 0 Å². The fourth-order valence-corrected chi connectivity index (χ4v) is 1.14. The van der Waals surface area contributed by atoms with Gasteiger partial charge in [-0.1, -0.05) is 19.8 Å². The third kappa shape index (κ3) is 4.14. The predicted molar refractivity (Wildman–Crippen MR) is 43.4 cm³/mol. The first kappa shape index (κ1) is 8.72. The van der Waals surface area contributed by atoms with E-state index in [2.05, 4.69) is 0 Å². The second-order valence-electron chi connectivity index (χ2n) is 3.35. The number of carbonyl (C=O) groups excluding carboxylic acids is 1. The highest BCUT2D eigenvalue weighted by atomic mass is 16.6. The molecule has 2 atom stereocenters. The molecule has 0 aromatic rings. The molecule has 2 heteroatoms. The Balaban J connectivity index is 1.82.